The fourth-order valence-corrected chi connectivity index (χ4v) is 8.20. The number of hydrogen-bond acceptors (Lipinski definition) is 4. The molecule has 11 heteroatoms. The maximum absolute atomic E-state index is 14.1. The van der Waals surface area contributed by atoms with E-state index in [9.17, 15) is 9.59 Å². The number of benzene rings is 3. The van der Waals surface area contributed by atoms with Gasteiger partial charge in [0.25, 0.3) is 0 Å². The molecule has 1 atom stereocenters. The molecule has 0 saturated carbocycles. The van der Waals surface area contributed by atoms with Crippen LogP contribution in [0, 0.1) is 5.92 Å². The number of aromatic nitrogens is 2. The van der Waals surface area contributed by atoms with Crippen LogP contribution in [0.5, 0.6) is 0 Å². The van der Waals surface area contributed by atoms with Gasteiger partial charge in [0.15, 0.2) is 0 Å². The highest BCUT2D eigenvalue weighted by Gasteiger charge is 2.33. The molecule has 4 aromatic rings. The molecule has 0 radical (unpaired) electrons. The van der Waals surface area contributed by atoms with Gasteiger partial charge in [0.2, 0.25) is 0 Å². The van der Waals surface area contributed by atoms with Gasteiger partial charge < -0.3 is 29.9 Å². The summed E-state index contributed by atoms with van der Waals surface area (Å²) in [5, 5.41) is 6.53. The Morgan fingerprint density at radius 1 is 0.938 bits per heavy atom. The molecule has 9 nitrogen and oxygen atoms in total. The summed E-state index contributed by atoms with van der Waals surface area (Å²) < 4.78 is 4.34. The molecule has 0 bridgehead atoms. The predicted molar refractivity (Wildman–Crippen MR) is 197 cm³/mol. The summed E-state index contributed by atoms with van der Waals surface area (Å²) in [5.41, 5.74) is 5.24. The van der Waals surface area contributed by atoms with E-state index < -0.39 is 0 Å². The van der Waals surface area contributed by atoms with E-state index in [1.165, 1.54) is 0 Å². The Kier molecular flexibility index (Phi) is 10.1. The zero-order chi connectivity index (χ0) is 33.2. The number of piperidine rings is 2. The minimum Gasteiger partial charge on any atom is -0.328 e. The summed E-state index contributed by atoms with van der Waals surface area (Å²) in [6.07, 6.45) is 5.22. The smallest absolute Gasteiger partial charge is 0.322 e. The van der Waals surface area contributed by atoms with E-state index in [4.69, 9.17) is 4.98 Å². The third kappa shape index (κ3) is 7.28. The van der Waals surface area contributed by atoms with Gasteiger partial charge in [-0.25, -0.2) is 14.6 Å². The van der Waals surface area contributed by atoms with Crippen molar-refractivity contribution in [1.82, 2.24) is 29.6 Å². The fraction of sp³-hybridized carbons (Fsp3) is 0.432. The van der Waals surface area contributed by atoms with E-state index in [1.807, 2.05) is 40.1 Å². The first-order valence-electron chi connectivity index (χ1n) is 17.1. The average molecular weight is 778 g/mol. The number of hydrogen-bond donors (Lipinski definition) is 2. The number of halogens is 2. The van der Waals surface area contributed by atoms with Gasteiger partial charge in [-0.1, -0.05) is 36.4 Å². The molecule has 2 saturated heterocycles. The maximum atomic E-state index is 14.1. The predicted octanol–water partition coefficient (Wildman–Crippen LogP) is 7.45. The molecular weight excluding hydrogens is 734 g/mol. The van der Waals surface area contributed by atoms with Gasteiger partial charge in [-0.05, 0) is 138 Å². The molecule has 3 aliphatic rings. The number of carbonyl (C=O) groups is 2. The van der Waals surface area contributed by atoms with Crippen LogP contribution in [-0.2, 0) is 19.4 Å². The van der Waals surface area contributed by atoms with Crippen molar-refractivity contribution >= 4 is 60.6 Å². The van der Waals surface area contributed by atoms with Crippen LogP contribution in [0.25, 0.3) is 11.0 Å². The van der Waals surface area contributed by atoms with Crippen LogP contribution in [0.4, 0.5) is 15.3 Å². The highest BCUT2D eigenvalue weighted by Crippen LogP contribution is 2.31. The molecule has 0 spiro atoms. The summed E-state index contributed by atoms with van der Waals surface area (Å²) >= 11 is 7.28. The maximum Gasteiger partial charge on any atom is 0.322 e. The van der Waals surface area contributed by atoms with Crippen molar-refractivity contribution in [3.63, 3.8) is 0 Å². The molecule has 1 unspecified atom stereocenters. The first-order valence-corrected chi connectivity index (χ1v) is 18.7. The lowest BCUT2D eigenvalue weighted by molar-refractivity contribution is 0.133. The number of imidazole rings is 1. The fourth-order valence-electron chi connectivity index (χ4n) is 7.52. The van der Waals surface area contributed by atoms with Crippen LogP contribution in [0.2, 0.25) is 0 Å². The third-order valence-corrected chi connectivity index (χ3v) is 12.2. The Labute approximate surface area is 299 Å². The molecule has 1 aromatic heterocycles. The first-order chi connectivity index (χ1) is 23.3. The molecule has 4 amide bonds. The SMILES string of the molecule is CN1CCC(Cn2c(C(Cc3ccc(Br)c(Br)c3)NC(=O)N3CCC(N4CCc5ccccc5NC4=O)CC3)nc3ccccc32)CC1. The standard InChI is InChI=1S/C37H43Br2N7O2/c1-43-17-12-25(13-18-43)24-46-34-9-5-4-8-32(34)40-35(46)33(23-26-10-11-29(38)30(39)22-26)42-36(47)44-19-15-28(16-20-44)45-21-14-27-6-2-3-7-31(27)41-37(45)48/h2-11,22,25,28,33H,12-21,23-24H2,1H3,(H,41,48)(H,42,47). The van der Waals surface area contributed by atoms with Gasteiger partial charge >= 0.3 is 12.1 Å². The Hall–Kier alpha value is -3.41. The zero-order valence-electron chi connectivity index (χ0n) is 27.4. The lowest BCUT2D eigenvalue weighted by Gasteiger charge is -2.38. The summed E-state index contributed by atoms with van der Waals surface area (Å²) in [6, 6.07) is 22.3. The lowest BCUT2D eigenvalue weighted by atomic mass is 9.96. The van der Waals surface area contributed by atoms with Crippen LogP contribution < -0.4 is 10.6 Å². The second-order valence-corrected chi connectivity index (χ2v) is 15.2. The van der Waals surface area contributed by atoms with Crippen LogP contribution in [0.3, 0.4) is 0 Å². The van der Waals surface area contributed by atoms with Crippen LogP contribution in [-0.4, -0.2) is 82.1 Å². The van der Waals surface area contributed by atoms with Gasteiger partial charge in [-0.2, -0.15) is 0 Å². The number of para-hydroxylation sites is 3. The molecule has 2 fully saturated rings. The van der Waals surface area contributed by atoms with Crippen molar-refractivity contribution in [2.45, 2.75) is 57.2 Å². The Bertz CT molecular complexity index is 1780. The Morgan fingerprint density at radius 2 is 1.69 bits per heavy atom. The molecule has 2 N–H and O–H groups in total. The van der Waals surface area contributed by atoms with Crippen LogP contribution in [0.15, 0.2) is 75.7 Å². The monoisotopic (exact) mass is 775 g/mol. The molecule has 0 aliphatic carbocycles. The van der Waals surface area contributed by atoms with Crippen molar-refractivity contribution in [1.29, 1.82) is 0 Å². The molecule has 7 rings (SSSR count). The number of anilines is 1. The van der Waals surface area contributed by atoms with Crippen molar-refractivity contribution in [3.05, 3.63) is 92.6 Å². The summed E-state index contributed by atoms with van der Waals surface area (Å²) in [7, 11) is 2.20. The highest BCUT2D eigenvalue weighted by atomic mass is 79.9. The van der Waals surface area contributed by atoms with Gasteiger partial charge in [0, 0.05) is 46.9 Å². The van der Waals surface area contributed by atoms with Gasteiger partial charge in [-0.3, -0.25) is 0 Å². The summed E-state index contributed by atoms with van der Waals surface area (Å²) in [4.78, 5) is 38.7. The van der Waals surface area contributed by atoms with Crippen molar-refractivity contribution in [3.8, 4) is 0 Å². The quantitative estimate of drug-likeness (QED) is 0.204. The number of urea groups is 2. The minimum absolute atomic E-state index is 0.0490. The molecular formula is C37H43Br2N7O2. The van der Waals surface area contributed by atoms with E-state index in [2.05, 4.69) is 95.4 Å². The van der Waals surface area contributed by atoms with E-state index in [-0.39, 0.29) is 24.1 Å². The Morgan fingerprint density at radius 3 is 2.48 bits per heavy atom. The van der Waals surface area contributed by atoms with E-state index >= 15 is 0 Å². The van der Waals surface area contributed by atoms with Gasteiger partial charge in [0.05, 0.1) is 17.1 Å². The topological polar surface area (TPSA) is 85.7 Å². The second-order valence-electron chi connectivity index (χ2n) is 13.5. The summed E-state index contributed by atoms with van der Waals surface area (Å²) in [5.74, 6) is 1.46. The van der Waals surface area contributed by atoms with Gasteiger partial charge in [0.1, 0.15) is 5.82 Å². The van der Waals surface area contributed by atoms with Crippen molar-refractivity contribution in [2.24, 2.45) is 5.92 Å². The first kappa shape index (κ1) is 33.1. The van der Waals surface area contributed by atoms with Crippen LogP contribution in [0.1, 0.15) is 48.7 Å². The highest BCUT2D eigenvalue weighted by molar-refractivity contribution is 9.13. The molecule has 4 heterocycles. The number of rotatable bonds is 7. The lowest BCUT2D eigenvalue weighted by Crippen LogP contribution is -2.52. The largest absolute Gasteiger partial charge is 0.328 e. The number of likely N-dealkylation sites (tertiary alicyclic amines) is 2. The Balaban J connectivity index is 1.10. The number of fused-ring (bicyclic) bond motifs is 2. The van der Waals surface area contributed by atoms with E-state index in [0.29, 0.717) is 32.0 Å². The average Bonchev–Trinajstić information content (AvgIpc) is 3.36. The second kappa shape index (κ2) is 14.6. The van der Waals surface area contributed by atoms with Crippen molar-refractivity contribution in [2.75, 3.05) is 45.1 Å². The molecule has 3 aromatic carbocycles. The van der Waals surface area contributed by atoms with E-state index in [1.54, 1.807) is 0 Å². The normalized spacial score (nSPS) is 18.8. The minimum atomic E-state index is -0.322. The third-order valence-electron chi connectivity index (χ3n) is 10.3. The number of carbonyl (C=O) groups excluding carboxylic acids is 2. The number of amides is 4. The van der Waals surface area contributed by atoms with Gasteiger partial charge in [-0.15, -0.1) is 0 Å². The number of nitrogens with one attached hydrogen (secondary N) is 2. The van der Waals surface area contributed by atoms with Crippen molar-refractivity contribution < 1.29 is 9.59 Å². The summed E-state index contributed by atoms with van der Waals surface area (Å²) in [6.45, 7) is 4.94. The molecule has 3 aliphatic heterocycles. The van der Waals surface area contributed by atoms with E-state index in [0.717, 1.165) is 94.4 Å². The molecule has 48 heavy (non-hydrogen) atoms. The molecule has 252 valence electrons. The van der Waals surface area contributed by atoms with Crippen LogP contribution >= 0.6 is 31.9 Å². The number of nitrogens with zero attached hydrogens (tertiary/aromatic N) is 5. The zero-order valence-corrected chi connectivity index (χ0v) is 30.5.